The van der Waals surface area contributed by atoms with E-state index in [2.05, 4.69) is 20.8 Å². The van der Waals surface area contributed by atoms with Gasteiger partial charge in [-0.3, -0.25) is 0 Å². The predicted octanol–water partition coefficient (Wildman–Crippen LogP) is 11.6. The summed E-state index contributed by atoms with van der Waals surface area (Å²) in [5.41, 5.74) is 0. The van der Waals surface area contributed by atoms with Gasteiger partial charge >= 0.3 is 0 Å². The van der Waals surface area contributed by atoms with Crippen molar-refractivity contribution in [1.29, 1.82) is 0 Å². The van der Waals surface area contributed by atoms with Gasteiger partial charge in [0.2, 0.25) is 0 Å². The molecular weight excluding hydrogens is 360 g/mol. The fourth-order valence-electron chi connectivity index (χ4n) is 4.88. The van der Waals surface area contributed by atoms with E-state index in [9.17, 15) is 0 Å². The van der Waals surface area contributed by atoms with Crippen molar-refractivity contribution in [3.05, 3.63) is 6.92 Å². The van der Waals surface area contributed by atoms with Gasteiger partial charge in [-0.15, -0.1) is 0 Å². The highest BCUT2D eigenvalue weighted by Gasteiger charge is 2.08. The molecule has 0 aliphatic carbocycles. The highest BCUT2D eigenvalue weighted by atomic mass is 14.1. The zero-order valence-corrected chi connectivity index (χ0v) is 21.7. The molecule has 0 heterocycles. The van der Waals surface area contributed by atoms with Crippen molar-refractivity contribution in [3.8, 4) is 0 Å². The zero-order valence-electron chi connectivity index (χ0n) is 21.7. The second kappa shape index (κ2) is 27.0. The number of unbranched alkanes of at least 4 members (excludes halogenated alkanes) is 20. The standard InChI is InChI=1S/C30H61/c1-4-7-10-12-14-15-16-17-18-19-20-21-23-26-29-30(27-24-9-6-3)28-25-22-13-11-8-5-2/h30H,3-29H2,1-2H3. The van der Waals surface area contributed by atoms with E-state index in [1.165, 1.54) is 161 Å². The van der Waals surface area contributed by atoms with E-state index in [0.29, 0.717) is 0 Å². The van der Waals surface area contributed by atoms with Crippen LogP contribution in [0.2, 0.25) is 0 Å². The van der Waals surface area contributed by atoms with Gasteiger partial charge in [0.25, 0.3) is 0 Å². The van der Waals surface area contributed by atoms with E-state index in [-0.39, 0.29) is 0 Å². The summed E-state index contributed by atoms with van der Waals surface area (Å²) in [7, 11) is 0. The molecule has 30 heavy (non-hydrogen) atoms. The normalized spacial score (nSPS) is 12.5. The highest BCUT2D eigenvalue weighted by molar-refractivity contribution is 4.62. The Labute approximate surface area is 193 Å². The van der Waals surface area contributed by atoms with Crippen LogP contribution in [0.5, 0.6) is 0 Å². The lowest BCUT2D eigenvalue weighted by molar-refractivity contribution is 0.368. The molecule has 1 radical (unpaired) electrons. The van der Waals surface area contributed by atoms with E-state index in [4.69, 9.17) is 0 Å². The van der Waals surface area contributed by atoms with Crippen molar-refractivity contribution in [2.45, 2.75) is 181 Å². The minimum Gasteiger partial charge on any atom is -0.0654 e. The van der Waals surface area contributed by atoms with Gasteiger partial charge in [-0.25, -0.2) is 0 Å². The third-order valence-corrected chi connectivity index (χ3v) is 7.04. The quantitative estimate of drug-likeness (QED) is 0.122. The Morgan fingerprint density at radius 3 is 0.933 bits per heavy atom. The van der Waals surface area contributed by atoms with Gasteiger partial charge in [-0.05, 0) is 5.92 Å². The number of hydrogen-bond acceptors (Lipinski definition) is 0. The topological polar surface area (TPSA) is 0 Å². The number of rotatable bonds is 26. The SMILES string of the molecule is [CH2]CCCCC(CCCCCCCC)CCCCCCCCCCCCCCCC. The molecule has 0 aliphatic heterocycles. The average Bonchev–Trinajstić information content (AvgIpc) is 2.76. The second-order valence-electron chi connectivity index (χ2n) is 10.2. The molecule has 0 aromatic rings. The van der Waals surface area contributed by atoms with Crippen LogP contribution in [0.3, 0.4) is 0 Å². The van der Waals surface area contributed by atoms with Crippen molar-refractivity contribution in [2.75, 3.05) is 0 Å². The molecule has 0 saturated heterocycles. The lowest BCUT2D eigenvalue weighted by atomic mass is 9.89. The van der Waals surface area contributed by atoms with E-state index < -0.39 is 0 Å². The molecule has 0 nitrogen and oxygen atoms in total. The van der Waals surface area contributed by atoms with Crippen molar-refractivity contribution in [3.63, 3.8) is 0 Å². The lowest BCUT2D eigenvalue weighted by Gasteiger charge is -2.17. The Balaban J connectivity index is 3.51. The van der Waals surface area contributed by atoms with Crippen LogP contribution < -0.4 is 0 Å². The van der Waals surface area contributed by atoms with Gasteiger partial charge in [0, 0.05) is 0 Å². The van der Waals surface area contributed by atoms with E-state index in [0.717, 1.165) is 12.3 Å². The largest absolute Gasteiger partial charge is 0.0654 e. The molecule has 0 aromatic heterocycles. The van der Waals surface area contributed by atoms with Crippen LogP contribution in [0.15, 0.2) is 0 Å². The molecule has 1 unspecified atom stereocenters. The summed E-state index contributed by atoms with van der Waals surface area (Å²) in [5, 5.41) is 0. The summed E-state index contributed by atoms with van der Waals surface area (Å²) in [6.45, 7) is 8.65. The van der Waals surface area contributed by atoms with Gasteiger partial charge in [-0.1, -0.05) is 188 Å². The Bertz CT molecular complexity index is 282. The monoisotopic (exact) mass is 421 g/mol. The van der Waals surface area contributed by atoms with Crippen LogP contribution in [0.4, 0.5) is 0 Å². The van der Waals surface area contributed by atoms with Crippen molar-refractivity contribution in [2.24, 2.45) is 5.92 Å². The third-order valence-electron chi connectivity index (χ3n) is 7.04. The molecule has 0 saturated carbocycles. The van der Waals surface area contributed by atoms with Gasteiger partial charge < -0.3 is 0 Å². The summed E-state index contributed by atoms with van der Waals surface area (Å²) >= 11 is 0. The Kier molecular flexibility index (Phi) is 27.0. The maximum atomic E-state index is 4.03. The molecule has 0 heteroatoms. The summed E-state index contributed by atoms with van der Waals surface area (Å²) in [5.74, 6) is 1.01. The smallest absolute Gasteiger partial charge is 0.0414 e. The van der Waals surface area contributed by atoms with E-state index in [1.807, 2.05) is 0 Å². The van der Waals surface area contributed by atoms with E-state index >= 15 is 0 Å². The molecule has 0 bridgehead atoms. The maximum Gasteiger partial charge on any atom is -0.0414 e. The molecule has 0 spiro atoms. The first kappa shape index (κ1) is 30.0. The van der Waals surface area contributed by atoms with Gasteiger partial charge in [0.15, 0.2) is 0 Å². The summed E-state index contributed by atoms with van der Waals surface area (Å²) in [6.07, 6.45) is 37.7. The van der Waals surface area contributed by atoms with Crippen molar-refractivity contribution >= 4 is 0 Å². The fourth-order valence-corrected chi connectivity index (χ4v) is 4.88. The maximum absolute atomic E-state index is 4.03. The molecular formula is C30H61. The zero-order chi connectivity index (χ0) is 22.0. The highest BCUT2D eigenvalue weighted by Crippen LogP contribution is 2.24. The van der Waals surface area contributed by atoms with Crippen LogP contribution in [0.25, 0.3) is 0 Å². The van der Waals surface area contributed by atoms with Gasteiger partial charge in [-0.2, -0.15) is 0 Å². The first-order valence-electron chi connectivity index (χ1n) is 14.6. The van der Waals surface area contributed by atoms with Crippen LogP contribution >= 0.6 is 0 Å². The third kappa shape index (κ3) is 24.3. The van der Waals surface area contributed by atoms with Crippen LogP contribution in [0, 0.1) is 12.8 Å². The van der Waals surface area contributed by atoms with Crippen molar-refractivity contribution in [1.82, 2.24) is 0 Å². The van der Waals surface area contributed by atoms with Crippen LogP contribution in [0.1, 0.15) is 181 Å². The molecule has 0 rings (SSSR count). The molecule has 0 fully saturated rings. The minimum absolute atomic E-state index is 1.01. The van der Waals surface area contributed by atoms with E-state index in [1.54, 1.807) is 0 Å². The summed E-state index contributed by atoms with van der Waals surface area (Å²) in [4.78, 5) is 0. The molecule has 0 N–H and O–H groups in total. The van der Waals surface area contributed by atoms with Crippen molar-refractivity contribution < 1.29 is 0 Å². The van der Waals surface area contributed by atoms with Gasteiger partial charge in [0.05, 0.1) is 0 Å². The molecule has 1 atom stereocenters. The fraction of sp³-hybridized carbons (Fsp3) is 0.967. The number of hydrogen-bond donors (Lipinski definition) is 0. The first-order valence-corrected chi connectivity index (χ1v) is 14.6. The van der Waals surface area contributed by atoms with Crippen LogP contribution in [-0.4, -0.2) is 0 Å². The summed E-state index contributed by atoms with van der Waals surface area (Å²) in [6, 6.07) is 0. The average molecular weight is 422 g/mol. The van der Waals surface area contributed by atoms with Gasteiger partial charge in [0.1, 0.15) is 0 Å². The summed E-state index contributed by atoms with van der Waals surface area (Å²) < 4.78 is 0. The first-order chi connectivity index (χ1) is 14.8. The second-order valence-corrected chi connectivity index (χ2v) is 10.2. The predicted molar refractivity (Wildman–Crippen MR) is 140 cm³/mol. The molecule has 0 aromatic carbocycles. The minimum atomic E-state index is 1.01. The molecule has 0 amide bonds. The van der Waals surface area contributed by atoms with Crippen LogP contribution in [-0.2, 0) is 0 Å². The molecule has 0 aliphatic rings. The lowest BCUT2D eigenvalue weighted by Crippen LogP contribution is -2.01. The Hall–Kier alpha value is 0. The molecule has 181 valence electrons. The Morgan fingerprint density at radius 2 is 0.633 bits per heavy atom. The Morgan fingerprint density at radius 1 is 0.367 bits per heavy atom.